The van der Waals surface area contributed by atoms with Crippen molar-refractivity contribution in [2.45, 2.75) is 26.6 Å². The number of hydrogen-bond donors (Lipinski definition) is 1. The quantitative estimate of drug-likeness (QED) is 0.582. The molecule has 0 bridgehead atoms. The van der Waals surface area contributed by atoms with Crippen LogP contribution in [0.15, 0.2) is 18.2 Å². The Morgan fingerprint density at radius 2 is 1.85 bits per heavy atom. The minimum atomic E-state index is -1.53. The zero-order valence-electron chi connectivity index (χ0n) is 8.72. The van der Waals surface area contributed by atoms with Gasteiger partial charge in [0, 0.05) is 0 Å². The predicted molar refractivity (Wildman–Crippen MR) is 59.6 cm³/mol. The van der Waals surface area contributed by atoms with Crippen molar-refractivity contribution in [3.05, 3.63) is 23.8 Å². The van der Waals surface area contributed by atoms with E-state index in [1.165, 1.54) is 5.56 Å². The first-order valence-electron chi connectivity index (χ1n) is 4.43. The first-order chi connectivity index (χ1) is 5.88. The van der Waals surface area contributed by atoms with Gasteiger partial charge in [-0.2, -0.15) is 0 Å². The van der Waals surface area contributed by atoms with Gasteiger partial charge in [0.2, 0.25) is 8.32 Å². The van der Waals surface area contributed by atoms with Crippen molar-refractivity contribution < 1.29 is 4.43 Å². The molecule has 1 aromatic rings. The Kier molecular flexibility index (Phi) is 2.66. The monoisotopic (exact) mass is 195 g/mol. The van der Waals surface area contributed by atoms with Crippen molar-refractivity contribution in [2.75, 3.05) is 5.73 Å². The maximum atomic E-state index is 5.83. The Labute approximate surface area is 80.8 Å². The predicted octanol–water partition coefficient (Wildman–Crippen LogP) is 2.79. The molecule has 0 radical (unpaired) electrons. The van der Waals surface area contributed by atoms with Gasteiger partial charge in [-0.3, -0.25) is 0 Å². The van der Waals surface area contributed by atoms with E-state index in [1.807, 2.05) is 25.1 Å². The number of nitrogens with two attached hydrogens (primary N) is 1. The highest BCUT2D eigenvalue weighted by atomic mass is 28.4. The fourth-order valence-corrected chi connectivity index (χ4v) is 1.90. The van der Waals surface area contributed by atoms with Gasteiger partial charge in [-0.05, 0) is 44.3 Å². The number of aryl methyl sites for hydroxylation is 1. The van der Waals surface area contributed by atoms with Crippen molar-refractivity contribution in [3.8, 4) is 5.75 Å². The maximum Gasteiger partial charge on any atom is 0.242 e. The molecule has 1 rings (SSSR count). The van der Waals surface area contributed by atoms with Crippen LogP contribution in [0.4, 0.5) is 5.69 Å². The summed E-state index contributed by atoms with van der Waals surface area (Å²) >= 11 is 0. The van der Waals surface area contributed by atoms with Crippen LogP contribution in [0.3, 0.4) is 0 Å². The van der Waals surface area contributed by atoms with E-state index in [9.17, 15) is 0 Å². The second kappa shape index (κ2) is 3.42. The van der Waals surface area contributed by atoms with Crippen molar-refractivity contribution in [1.29, 1.82) is 0 Å². The van der Waals surface area contributed by atoms with Gasteiger partial charge in [-0.15, -0.1) is 0 Å². The highest BCUT2D eigenvalue weighted by Crippen LogP contribution is 2.25. The van der Waals surface area contributed by atoms with Gasteiger partial charge >= 0.3 is 0 Å². The Morgan fingerprint density at radius 3 is 2.38 bits per heavy atom. The third-order valence-corrected chi connectivity index (χ3v) is 2.42. The van der Waals surface area contributed by atoms with E-state index in [2.05, 4.69) is 19.6 Å². The Balaban J connectivity index is 2.94. The van der Waals surface area contributed by atoms with Gasteiger partial charge in [0.1, 0.15) is 5.75 Å². The lowest BCUT2D eigenvalue weighted by Gasteiger charge is -2.20. The van der Waals surface area contributed by atoms with Crippen LogP contribution >= 0.6 is 0 Å². The first kappa shape index (κ1) is 10.1. The standard InChI is InChI=1S/C10H17NOSi/c1-8-5-6-9(11)10(7-8)12-13(2,3)4/h5-7H,11H2,1-4H3. The van der Waals surface area contributed by atoms with Gasteiger partial charge in [0.05, 0.1) is 5.69 Å². The van der Waals surface area contributed by atoms with Crippen LogP contribution in [0.2, 0.25) is 19.6 Å². The molecule has 0 aromatic heterocycles. The topological polar surface area (TPSA) is 35.2 Å². The summed E-state index contributed by atoms with van der Waals surface area (Å²) in [4.78, 5) is 0. The molecule has 13 heavy (non-hydrogen) atoms. The summed E-state index contributed by atoms with van der Waals surface area (Å²) in [6.07, 6.45) is 0. The number of nitrogen functional groups attached to an aromatic ring is 1. The van der Waals surface area contributed by atoms with E-state index >= 15 is 0 Å². The molecular weight excluding hydrogens is 178 g/mol. The molecule has 0 aliphatic carbocycles. The van der Waals surface area contributed by atoms with Crippen LogP contribution in [0, 0.1) is 6.92 Å². The summed E-state index contributed by atoms with van der Waals surface area (Å²) in [7, 11) is -1.53. The van der Waals surface area contributed by atoms with Gasteiger partial charge in [0.15, 0.2) is 0 Å². The van der Waals surface area contributed by atoms with E-state index in [0.717, 1.165) is 11.4 Å². The molecule has 0 unspecified atom stereocenters. The van der Waals surface area contributed by atoms with Gasteiger partial charge in [-0.1, -0.05) is 6.07 Å². The third-order valence-electron chi connectivity index (χ3n) is 1.59. The van der Waals surface area contributed by atoms with Crippen molar-refractivity contribution in [1.82, 2.24) is 0 Å². The largest absolute Gasteiger partial charge is 0.543 e. The molecule has 0 atom stereocenters. The molecule has 0 spiro atoms. The summed E-state index contributed by atoms with van der Waals surface area (Å²) in [6, 6.07) is 5.88. The molecule has 3 heteroatoms. The lowest BCUT2D eigenvalue weighted by molar-refractivity contribution is 0.560. The van der Waals surface area contributed by atoms with Crippen molar-refractivity contribution in [3.63, 3.8) is 0 Å². The smallest absolute Gasteiger partial charge is 0.242 e. The molecular formula is C10H17NOSi. The van der Waals surface area contributed by atoms with Crippen LogP contribution in [0.5, 0.6) is 5.75 Å². The molecule has 0 aliphatic rings. The summed E-state index contributed by atoms with van der Waals surface area (Å²) in [6.45, 7) is 8.48. The highest BCUT2D eigenvalue weighted by Gasteiger charge is 2.17. The van der Waals surface area contributed by atoms with E-state index in [0.29, 0.717) is 0 Å². The zero-order valence-corrected chi connectivity index (χ0v) is 9.72. The normalized spacial score (nSPS) is 11.4. The fraction of sp³-hybridized carbons (Fsp3) is 0.400. The lowest BCUT2D eigenvalue weighted by atomic mass is 10.2. The molecule has 72 valence electrons. The van der Waals surface area contributed by atoms with Crippen molar-refractivity contribution >= 4 is 14.0 Å². The molecule has 1 aromatic carbocycles. The molecule has 2 N–H and O–H groups in total. The SMILES string of the molecule is Cc1ccc(N)c(O[Si](C)(C)C)c1. The summed E-state index contributed by atoms with van der Waals surface area (Å²) in [5.74, 6) is 0.833. The van der Waals surface area contributed by atoms with Gasteiger partial charge in [-0.25, -0.2) is 0 Å². The van der Waals surface area contributed by atoms with Crippen LogP contribution in [-0.4, -0.2) is 8.32 Å². The Bertz CT molecular complexity index is 304. The molecule has 0 fully saturated rings. The molecule has 0 heterocycles. The first-order valence-corrected chi connectivity index (χ1v) is 7.84. The average Bonchev–Trinajstić information content (AvgIpc) is 1.94. The van der Waals surface area contributed by atoms with Crippen molar-refractivity contribution in [2.24, 2.45) is 0 Å². The fourth-order valence-electron chi connectivity index (χ4n) is 1.06. The second-order valence-corrected chi connectivity index (χ2v) is 8.68. The van der Waals surface area contributed by atoms with E-state index in [-0.39, 0.29) is 0 Å². The van der Waals surface area contributed by atoms with Gasteiger partial charge in [0.25, 0.3) is 0 Å². The third kappa shape index (κ3) is 3.11. The Hall–Kier alpha value is -0.963. The molecule has 0 saturated carbocycles. The second-order valence-electron chi connectivity index (χ2n) is 4.26. The summed E-state index contributed by atoms with van der Waals surface area (Å²) in [5, 5.41) is 0. The average molecular weight is 195 g/mol. The zero-order chi connectivity index (χ0) is 10.1. The summed E-state index contributed by atoms with van der Waals surface area (Å²) < 4.78 is 5.83. The minimum Gasteiger partial charge on any atom is -0.543 e. The molecule has 0 aliphatic heterocycles. The Morgan fingerprint density at radius 1 is 1.23 bits per heavy atom. The van der Waals surface area contributed by atoms with E-state index in [4.69, 9.17) is 10.2 Å². The minimum absolute atomic E-state index is 0.730. The molecule has 0 amide bonds. The van der Waals surface area contributed by atoms with Gasteiger partial charge < -0.3 is 10.2 Å². The van der Waals surface area contributed by atoms with Crippen LogP contribution in [0.1, 0.15) is 5.56 Å². The number of benzene rings is 1. The molecule has 0 saturated heterocycles. The summed E-state index contributed by atoms with van der Waals surface area (Å²) in [5.41, 5.74) is 7.71. The van der Waals surface area contributed by atoms with Crippen LogP contribution in [-0.2, 0) is 0 Å². The molecule has 2 nitrogen and oxygen atoms in total. The highest BCUT2D eigenvalue weighted by molar-refractivity contribution is 6.70. The number of rotatable bonds is 2. The van der Waals surface area contributed by atoms with E-state index < -0.39 is 8.32 Å². The maximum absolute atomic E-state index is 5.83. The number of hydrogen-bond acceptors (Lipinski definition) is 2. The van der Waals surface area contributed by atoms with Crippen LogP contribution in [0.25, 0.3) is 0 Å². The lowest BCUT2D eigenvalue weighted by Crippen LogP contribution is -2.29. The van der Waals surface area contributed by atoms with E-state index in [1.54, 1.807) is 0 Å². The number of anilines is 1. The van der Waals surface area contributed by atoms with Crippen LogP contribution < -0.4 is 10.2 Å².